The molecule has 0 radical (unpaired) electrons. The van der Waals surface area contributed by atoms with E-state index in [1.165, 1.54) is 6.42 Å². The summed E-state index contributed by atoms with van der Waals surface area (Å²) in [5.74, 6) is 1.34. The van der Waals surface area contributed by atoms with Crippen LogP contribution in [0.1, 0.15) is 20.3 Å². The number of hydrogen-bond donors (Lipinski definition) is 1. The zero-order valence-corrected chi connectivity index (χ0v) is 9.08. The lowest BCUT2D eigenvalue weighted by molar-refractivity contribution is 0.398. The lowest BCUT2D eigenvalue weighted by Crippen LogP contribution is -2.10. The number of nitrogens with one attached hydrogen (secondary N) is 1. The molecule has 1 aromatic heterocycles. The first-order valence-electron chi connectivity index (χ1n) is 5.00. The van der Waals surface area contributed by atoms with E-state index in [4.69, 9.17) is 4.74 Å². The first kappa shape index (κ1) is 10.8. The van der Waals surface area contributed by atoms with Crippen molar-refractivity contribution in [3.8, 4) is 5.88 Å². The van der Waals surface area contributed by atoms with Crippen molar-refractivity contribution in [1.29, 1.82) is 0 Å². The van der Waals surface area contributed by atoms with E-state index in [1.54, 1.807) is 13.3 Å². The summed E-state index contributed by atoms with van der Waals surface area (Å²) in [5.41, 5.74) is 1.07. The Balaban J connectivity index is 2.50. The van der Waals surface area contributed by atoms with E-state index >= 15 is 0 Å². The van der Waals surface area contributed by atoms with Crippen LogP contribution in [0, 0.1) is 5.92 Å². The van der Waals surface area contributed by atoms with Crippen LogP contribution >= 0.6 is 0 Å². The van der Waals surface area contributed by atoms with E-state index in [-0.39, 0.29) is 0 Å². The molecule has 1 rings (SSSR count). The van der Waals surface area contributed by atoms with Crippen LogP contribution in [-0.2, 0) is 0 Å². The summed E-state index contributed by atoms with van der Waals surface area (Å²) < 4.78 is 5.04. The fourth-order valence-electron chi connectivity index (χ4n) is 1.07. The number of hydrogen-bond acceptors (Lipinski definition) is 3. The average molecular weight is 194 g/mol. The Morgan fingerprint density at radius 1 is 1.57 bits per heavy atom. The normalized spacial score (nSPS) is 12.2. The van der Waals surface area contributed by atoms with Crippen LogP contribution < -0.4 is 10.1 Å². The fraction of sp³-hybridized carbons (Fsp3) is 0.545. The van der Waals surface area contributed by atoms with Crippen LogP contribution in [0.25, 0.3) is 0 Å². The fourth-order valence-corrected chi connectivity index (χ4v) is 1.07. The van der Waals surface area contributed by atoms with Crippen molar-refractivity contribution in [3.63, 3.8) is 0 Å². The first-order valence-corrected chi connectivity index (χ1v) is 5.00. The first-order chi connectivity index (χ1) is 6.76. The topological polar surface area (TPSA) is 34.2 Å². The van der Waals surface area contributed by atoms with Crippen molar-refractivity contribution in [2.45, 2.75) is 20.3 Å². The van der Waals surface area contributed by atoms with Gasteiger partial charge in [0.05, 0.1) is 7.11 Å². The molecule has 0 saturated carbocycles. The van der Waals surface area contributed by atoms with Gasteiger partial charge in [0.1, 0.15) is 0 Å². The molecule has 0 spiro atoms. The van der Waals surface area contributed by atoms with Gasteiger partial charge in [-0.25, -0.2) is 4.98 Å². The largest absolute Gasteiger partial charge is 0.481 e. The van der Waals surface area contributed by atoms with Crippen molar-refractivity contribution in [2.24, 2.45) is 5.92 Å². The van der Waals surface area contributed by atoms with Gasteiger partial charge in [0.2, 0.25) is 5.88 Å². The molecule has 0 fully saturated rings. The maximum atomic E-state index is 5.04. The molecule has 14 heavy (non-hydrogen) atoms. The van der Waals surface area contributed by atoms with E-state index in [1.807, 2.05) is 12.1 Å². The quantitative estimate of drug-likeness (QED) is 0.782. The van der Waals surface area contributed by atoms with Crippen LogP contribution in [0.15, 0.2) is 18.3 Å². The van der Waals surface area contributed by atoms with Gasteiger partial charge in [-0.05, 0) is 12.0 Å². The molecule has 3 heteroatoms. The number of methoxy groups -OCH3 is 1. The molecule has 78 valence electrons. The van der Waals surface area contributed by atoms with E-state index in [0.29, 0.717) is 11.8 Å². The predicted molar refractivity (Wildman–Crippen MR) is 58.7 cm³/mol. The second-order valence-electron chi connectivity index (χ2n) is 3.48. The van der Waals surface area contributed by atoms with Gasteiger partial charge in [0, 0.05) is 24.5 Å². The Bertz CT molecular complexity index is 276. The van der Waals surface area contributed by atoms with Crippen LogP contribution in [0.3, 0.4) is 0 Å². The Kier molecular flexibility index (Phi) is 4.23. The molecule has 0 bridgehead atoms. The van der Waals surface area contributed by atoms with Crippen LogP contribution in [0.2, 0.25) is 0 Å². The van der Waals surface area contributed by atoms with Crippen molar-refractivity contribution < 1.29 is 4.74 Å². The summed E-state index contributed by atoms with van der Waals surface area (Å²) in [6.45, 7) is 5.41. The van der Waals surface area contributed by atoms with Crippen LogP contribution in [-0.4, -0.2) is 18.6 Å². The lowest BCUT2D eigenvalue weighted by Gasteiger charge is -2.11. The third-order valence-electron chi connectivity index (χ3n) is 2.30. The summed E-state index contributed by atoms with van der Waals surface area (Å²) >= 11 is 0. The molecule has 1 aromatic rings. The molecule has 3 nitrogen and oxygen atoms in total. The summed E-state index contributed by atoms with van der Waals surface area (Å²) in [5, 5.41) is 3.35. The summed E-state index contributed by atoms with van der Waals surface area (Å²) in [6.07, 6.45) is 2.94. The van der Waals surface area contributed by atoms with Crippen molar-refractivity contribution in [3.05, 3.63) is 18.3 Å². The lowest BCUT2D eigenvalue weighted by atomic mass is 10.1. The SMILES string of the molecule is CCC(C)CNc1ccnc(OC)c1. The summed E-state index contributed by atoms with van der Waals surface area (Å²) in [6, 6.07) is 3.85. The molecule has 0 aliphatic heterocycles. The standard InChI is InChI=1S/C11H18N2O/c1-4-9(2)8-13-10-5-6-12-11(7-10)14-3/h5-7,9H,4,8H2,1-3H3,(H,12,13). The smallest absolute Gasteiger partial charge is 0.214 e. The van der Waals surface area contributed by atoms with E-state index < -0.39 is 0 Å². The summed E-state index contributed by atoms with van der Waals surface area (Å²) in [7, 11) is 1.63. The van der Waals surface area contributed by atoms with E-state index in [2.05, 4.69) is 24.1 Å². The molecule has 0 saturated heterocycles. The van der Waals surface area contributed by atoms with Crippen molar-refractivity contribution in [2.75, 3.05) is 19.0 Å². The minimum absolute atomic E-state index is 0.652. The van der Waals surface area contributed by atoms with Gasteiger partial charge < -0.3 is 10.1 Å². The Hall–Kier alpha value is -1.25. The van der Waals surface area contributed by atoms with Gasteiger partial charge in [0.15, 0.2) is 0 Å². The zero-order valence-electron chi connectivity index (χ0n) is 9.08. The highest BCUT2D eigenvalue weighted by atomic mass is 16.5. The van der Waals surface area contributed by atoms with Gasteiger partial charge in [-0.1, -0.05) is 20.3 Å². The number of ether oxygens (including phenoxy) is 1. The monoisotopic (exact) mass is 194 g/mol. The third-order valence-corrected chi connectivity index (χ3v) is 2.30. The van der Waals surface area contributed by atoms with E-state index in [0.717, 1.165) is 12.2 Å². The third kappa shape index (κ3) is 3.24. The molecule has 0 amide bonds. The van der Waals surface area contributed by atoms with E-state index in [9.17, 15) is 0 Å². The molecule has 1 atom stereocenters. The maximum absolute atomic E-state index is 5.04. The second-order valence-corrected chi connectivity index (χ2v) is 3.48. The molecule has 0 aliphatic rings. The molecule has 0 aromatic carbocycles. The van der Waals surface area contributed by atoms with Gasteiger partial charge in [-0.15, -0.1) is 0 Å². The zero-order chi connectivity index (χ0) is 10.4. The van der Waals surface area contributed by atoms with Gasteiger partial charge in [0.25, 0.3) is 0 Å². The van der Waals surface area contributed by atoms with Crippen LogP contribution in [0.4, 0.5) is 5.69 Å². The highest BCUT2D eigenvalue weighted by Gasteiger charge is 1.99. The second kappa shape index (κ2) is 5.47. The number of pyridine rings is 1. The van der Waals surface area contributed by atoms with Crippen molar-refractivity contribution >= 4 is 5.69 Å². The molecule has 1 N–H and O–H groups in total. The van der Waals surface area contributed by atoms with Crippen molar-refractivity contribution in [1.82, 2.24) is 4.98 Å². The molecular weight excluding hydrogens is 176 g/mol. The number of aromatic nitrogens is 1. The Morgan fingerprint density at radius 3 is 3.00 bits per heavy atom. The maximum Gasteiger partial charge on any atom is 0.214 e. The van der Waals surface area contributed by atoms with Gasteiger partial charge in [-0.2, -0.15) is 0 Å². The molecule has 1 heterocycles. The van der Waals surface area contributed by atoms with Crippen LogP contribution in [0.5, 0.6) is 5.88 Å². The average Bonchev–Trinajstić information content (AvgIpc) is 2.26. The van der Waals surface area contributed by atoms with Gasteiger partial charge in [-0.3, -0.25) is 0 Å². The molecule has 1 unspecified atom stereocenters. The predicted octanol–water partition coefficient (Wildman–Crippen LogP) is 2.55. The van der Waals surface area contributed by atoms with Gasteiger partial charge >= 0.3 is 0 Å². The minimum Gasteiger partial charge on any atom is -0.481 e. The summed E-state index contributed by atoms with van der Waals surface area (Å²) in [4.78, 5) is 4.04. The molecule has 0 aliphatic carbocycles. The Labute approximate surface area is 85.5 Å². The molecular formula is C11H18N2O. The Morgan fingerprint density at radius 2 is 2.36 bits per heavy atom. The number of nitrogens with zero attached hydrogens (tertiary/aromatic N) is 1. The highest BCUT2D eigenvalue weighted by molar-refractivity contribution is 5.44. The minimum atomic E-state index is 0.652. The highest BCUT2D eigenvalue weighted by Crippen LogP contribution is 2.14. The number of rotatable bonds is 5. The number of anilines is 1.